The number of hydrogen-bond acceptors (Lipinski definition) is 4. The minimum Gasteiger partial charge on any atom is -0.462 e. The number of carbonyl (C=O) groups is 2. The monoisotopic (exact) mass is 400 g/mol. The van der Waals surface area contributed by atoms with E-state index in [1.54, 1.807) is 36.4 Å². The Labute approximate surface area is 172 Å². The number of halogens is 1. The van der Waals surface area contributed by atoms with E-state index in [9.17, 15) is 14.0 Å². The predicted molar refractivity (Wildman–Crippen MR) is 110 cm³/mol. The number of ether oxygens (including phenoxy) is 2. The fraction of sp³-hybridized carbons (Fsp3) is 0.417. The maximum absolute atomic E-state index is 13.6. The van der Waals surface area contributed by atoms with Crippen LogP contribution in [0.3, 0.4) is 0 Å². The molecule has 0 amide bonds. The van der Waals surface area contributed by atoms with Crippen molar-refractivity contribution in [1.82, 2.24) is 0 Å². The summed E-state index contributed by atoms with van der Waals surface area (Å²) < 4.78 is 24.2. The van der Waals surface area contributed by atoms with Crippen LogP contribution in [0.5, 0.6) is 0 Å². The third-order valence-corrected chi connectivity index (χ3v) is 4.66. The topological polar surface area (TPSA) is 52.6 Å². The van der Waals surface area contributed by atoms with Crippen LogP contribution in [0.25, 0.3) is 0 Å². The number of hydrogen-bond donors (Lipinski definition) is 0. The summed E-state index contributed by atoms with van der Waals surface area (Å²) in [6.45, 7) is 2.53. The van der Waals surface area contributed by atoms with Crippen LogP contribution >= 0.6 is 0 Å². The van der Waals surface area contributed by atoms with Gasteiger partial charge in [-0.25, -0.2) is 14.0 Å². The third-order valence-electron chi connectivity index (χ3n) is 4.66. The minimum atomic E-state index is -0.617. The second-order valence-corrected chi connectivity index (χ2v) is 6.93. The number of carbonyl (C=O) groups excluding carboxylic acids is 2. The quantitative estimate of drug-likeness (QED) is 0.337. The van der Waals surface area contributed by atoms with Crippen molar-refractivity contribution >= 4 is 11.9 Å². The largest absolute Gasteiger partial charge is 0.462 e. The molecule has 0 heterocycles. The highest BCUT2D eigenvalue weighted by atomic mass is 19.1. The highest BCUT2D eigenvalue weighted by molar-refractivity contribution is 6.03. The van der Waals surface area contributed by atoms with Crippen molar-refractivity contribution in [3.8, 4) is 0 Å². The van der Waals surface area contributed by atoms with Crippen LogP contribution in [0.15, 0.2) is 48.5 Å². The van der Waals surface area contributed by atoms with E-state index in [2.05, 4.69) is 6.92 Å². The van der Waals surface area contributed by atoms with Gasteiger partial charge >= 0.3 is 11.9 Å². The summed E-state index contributed by atoms with van der Waals surface area (Å²) in [5, 5.41) is 0. The average molecular weight is 400 g/mol. The molecule has 0 saturated carbocycles. The SMILES string of the molecule is CCCCCCCCOC(=O)c1ccccc1C(=O)OCCc1ccccc1F. The van der Waals surface area contributed by atoms with Crippen LogP contribution in [0.4, 0.5) is 4.39 Å². The fourth-order valence-corrected chi connectivity index (χ4v) is 3.00. The molecule has 0 aromatic heterocycles. The summed E-state index contributed by atoms with van der Waals surface area (Å²) in [4.78, 5) is 24.8. The molecule has 4 nitrogen and oxygen atoms in total. The van der Waals surface area contributed by atoms with Gasteiger partial charge in [0.1, 0.15) is 5.82 Å². The highest BCUT2D eigenvalue weighted by Gasteiger charge is 2.19. The van der Waals surface area contributed by atoms with Gasteiger partial charge < -0.3 is 9.47 Å². The Morgan fingerprint density at radius 2 is 1.31 bits per heavy atom. The Bertz CT molecular complexity index is 788. The van der Waals surface area contributed by atoms with Gasteiger partial charge in [0.25, 0.3) is 0 Å². The summed E-state index contributed by atoms with van der Waals surface area (Å²) in [6.07, 6.45) is 6.86. The summed E-state index contributed by atoms with van der Waals surface area (Å²) in [5.41, 5.74) is 0.829. The summed E-state index contributed by atoms with van der Waals surface area (Å²) >= 11 is 0. The molecule has 2 rings (SSSR count). The predicted octanol–water partition coefficient (Wildman–Crippen LogP) is 5.74. The Kier molecular flexibility index (Phi) is 9.90. The zero-order valence-electron chi connectivity index (χ0n) is 17.0. The average Bonchev–Trinajstić information content (AvgIpc) is 2.74. The lowest BCUT2D eigenvalue weighted by Gasteiger charge is -2.10. The molecule has 0 saturated heterocycles. The summed E-state index contributed by atoms with van der Waals surface area (Å²) in [6, 6.07) is 12.8. The molecule has 29 heavy (non-hydrogen) atoms. The molecule has 0 fully saturated rings. The first-order valence-corrected chi connectivity index (χ1v) is 10.3. The van der Waals surface area contributed by atoms with Crippen molar-refractivity contribution in [3.05, 3.63) is 71.0 Å². The van der Waals surface area contributed by atoms with Gasteiger partial charge in [-0.1, -0.05) is 69.4 Å². The molecule has 2 aromatic carbocycles. The number of benzene rings is 2. The molecule has 0 radical (unpaired) electrons. The van der Waals surface area contributed by atoms with Gasteiger partial charge in [0.05, 0.1) is 24.3 Å². The Hall–Kier alpha value is -2.69. The first-order chi connectivity index (χ1) is 14.1. The van der Waals surface area contributed by atoms with Crippen molar-refractivity contribution in [2.24, 2.45) is 0 Å². The molecule has 0 unspecified atom stereocenters. The van der Waals surface area contributed by atoms with E-state index < -0.39 is 11.9 Å². The number of esters is 2. The van der Waals surface area contributed by atoms with Crippen LogP contribution in [-0.2, 0) is 15.9 Å². The minimum absolute atomic E-state index is 0.0287. The lowest BCUT2D eigenvalue weighted by molar-refractivity contribution is 0.0455. The maximum Gasteiger partial charge on any atom is 0.339 e. The van der Waals surface area contributed by atoms with Crippen molar-refractivity contribution in [2.45, 2.75) is 51.9 Å². The van der Waals surface area contributed by atoms with E-state index in [0.717, 1.165) is 19.3 Å². The van der Waals surface area contributed by atoms with Gasteiger partial charge in [-0.2, -0.15) is 0 Å². The summed E-state index contributed by atoms with van der Waals surface area (Å²) in [7, 11) is 0. The lowest BCUT2D eigenvalue weighted by atomic mass is 10.1. The van der Waals surface area contributed by atoms with E-state index in [-0.39, 0.29) is 30.0 Å². The van der Waals surface area contributed by atoms with Gasteiger partial charge in [-0.15, -0.1) is 0 Å². The van der Waals surface area contributed by atoms with Crippen molar-refractivity contribution in [3.63, 3.8) is 0 Å². The Morgan fingerprint density at radius 3 is 1.97 bits per heavy atom. The van der Waals surface area contributed by atoms with Crippen LogP contribution in [0, 0.1) is 5.82 Å². The van der Waals surface area contributed by atoms with Crippen LogP contribution in [0.2, 0.25) is 0 Å². The van der Waals surface area contributed by atoms with Gasteiger partial charge in [0.15, 0.2) is 0 Å². The van der Waals surface area contributed by atoms with Crippen LogP contribution in [0.1, 0.15) is 71.7 Å². The zero-order chi connectivity index (χ0) is 20.9. The Morgan fingerprint density at radius 1 is 0.759 bits per heavy atom. The normalized spacial score (nSPS) is 10.6. The Balaban J connectivity index is 1.82. The van der Waals surface area contributed by atoms with E-state index >= 15 is 0 Å². The van der Waals surface area contributed by atoms with Gasteiger partial charge in [-0.05, 0) is 30.2 Å². The van der Waals surface area contributed by atoms with Crippen LogP contribution < -0.4 is 0 Å². The highest BCUT2D eigenvalue weighted by Crippen LogP contribution is 2.14. The molecule has 0 atom stereocenters. The molecule has 0 N–H and O–H groups in total. The number of unbranched alkanes of at least 4 members (excludes halogenated alkanes) is 5. The van der Waals surface area contributed by atoms with E-state index in [4.69, 9.17) is 9.47 Å². The van der Waals surface area contributed by atoms with E-state index in [0.29, 0.717) is 12.2 Å². The van der Waals surface area contributed by atoms with Crippen molar-refractivity contribution in [1.29, 1.82) is 0 Å². The first-order valence-electron chi connectivity index (χ1n) is 10.3. The smallest absolute Gasteiger partial charge is 0.339 e. The first kappa shape index (κ1) is 22.6. The number of rotatable bonds is 12. The molecule has 0 aliphatic carbocycles. The molecule has 0 spiro atoms. The second kappa shape index (κ2) is 12.7. The standard InChI is InChI=1S/C24H29FO4/c1-2-3-4-5-6-11-17-28-23(26)20-13-8-9-14-21(20)24(27)29-18-16-19-12-7-10-15-22(19)25/h7-10,12-15H,2-6,11,16-18H2,1H3. The van der Waals surface area contributed by atoms with E-state index in [1.807, 2.05) is 0 Å². The molecule has 0 aliphatic heterocycles. The van der Waals surface area contributed by atoms with Gasteiger partial charge in [0.2, 0.25) is 0 Å². The molecule has 2 aromatic rings. The second-order valence-electron chi connectivity index (χ2n) is 6.93. The fourth-order valence-electron chi connectivity index (χ4n) is 3.00. The maximum atomic E-state index is 13.6. The lowest BCUT2D eigenvalue weighted by Crippen LogP contribution is -2.15. The molecule has 0 aliphatic rings. The molecular weight excluding hydrogens is 371 g/mol. The molecular formula is C24H29FO4. The van der Waals surface area contributed by atoms with Gasteiger partial charge in [-0.3, -0.25) is 0 Å². The summed E-state index contributed by atoms with van der Waals surface area (Å²) in [5.74, 6) is -1.48. The third kappa shape index (κ3) is 7.68. The van der Waals surface area contributed by atoms with Crippen molar-refractivity contribution in [2.75, 3.05) is 13.2 Å². The molecule has 156 valence electrons. The van der Waals surface area contributed by atoms with Crippen molar-refractivity contribution < 1.29 is 23.5 Å². The van der Waals surface area contributed by atoms with Gasteiger partial charge in [0, 0.05) is 6.42 Å². The molecule has 5 heteroatoms. The van der Waals surface area contributed by atoms with E-state index in [1.165, 1.54) is 31.4 Å². The molecule has 0 bridgehead atoms. The van der Waals surface area contributed by atoms with Crippen LogP contribution in [-0.4, -0.2) is 25.2 Å². The zero-order valence-corrected chi connectivity index (χ0v) is 17.0.